The van der Waals surface area contributed by atoms with Crippen LogP contribution in [0, 0.1) is 5.82 Å². The van der Waals surface area contributed by atoms with Gasteiger partial charge in [0.1, 0.15) is 11.6 Å². The van der Waals surface area contributed by atoms with Crippen LogP contribution in [0.2, 0.25) is 0 Å². The number of rotatable bonds is 1. The van der Waals surface area contributed by atoms with Crippen LogP contribution in [0.4, 0.5) is 10.1 Å². The summed E-state index contributed by atoms with van der Waals surface area (Å²) in [4.78, 5) is 11.4. The van der Waals surface area contributed by atoms with Crippen LogP contribution < -0.4 is 5.32 Å². The Labute approximate surface area is 97.2 Å². The van der Waals surface area contributed by atoms with Crippen molar-refractivity contribution in [1.29, 1.82) is 0 Å². The lowest BCUT2D eigenvalue weighted by Crippen LogP contribution is -2.19. The highest BCUT2D eigenvalue weighted by atomic mass is 19.1. The molecule has 4 heteroatoms. The molecule has 0 saturated carbocycles. The monoisotopic (exact) mass is 231 g/mol. The van der Waals surface area contributed by atoms with E-state index in [1.807, 2.05) is 0 Å². The molecule has 1 aliphatic heterocycles. The molecule has 0 spiro atoms. The van der Waals surface area contributed by atoms with Gasteiger partial charge in [0.15, 0.2) is 0 Å². The van der Waals surface area contributed by atoms with Crippen LogP contribution in [0.3, 0.4) is 0 Å². The fourth-order valence-electron chi connectivity index (χ4n) is 2.08. The smallest absolute Gasteiger partial charge is 0.224 e. The highest BCUT2D eigenvalue weighted by Crippen LogP contribution is 2.35. The van der Waals surface area contributed by atoms with E-state index in [4.69, 9.17) is 4.42 Å². The highest BCUT2D eigenvalue weighted by Gasteiger charge is 2.20. The molecule has 1 aliphatic rings. The summed E-state index contributed by atoms with van der Waals surface area (Å²) < 4.78 is 18.7. The Hall–Kier alpha value is -2.10. The number of amides is 1. The number of carbonyl (C=O) groups is 1. The molecule has 0 aliphatic carbocycles. The van der Waals surface area contributed by atoms with Crippen molar-refractivity contribution >= 4 is 11.6 Å². The van der Waals surface area contributed by atoms with Gasteiger partial charge >= 0.3 is 0 Å². The minimum absolute atomic E-state index is 0.0445. The van der Waals surface area contributed by atoms with E-state index in [1.54, 1.807) is 12.1 Å². The number of furan rings is 1. The summed E-state index contributed by atoms with van der Waals surface area (Å²) in [5.41, 5.74) is 2.08. The van der Waals surface area contributed by atoms with Gasteiger partial charge in [-0.2, -0.15) is 0 Å². The Morgan fingerprint density at radius 3 is 2.94 bits per heavy atom. The standard InChI is InChI=1S/C13H10FNO2/c14-9-6-8-3-4-12(16)15-13(8)10(7-9)11-2-1-5-17-11/h1-2,5-7H,3-4H2,(H,15,16). The van der Waals surface area contributed by atoms with Crippen molar-refractivity contribution in [3.63, 3.8) is 0 Å². The molecule has 0 atom stereocenters. The van der Waals surface area contributed by atoms with Crippen molar-refractivity contribution in [2.75, 3.05) is 5.32 Å². The van der Waals surface area contributed by atoms with E-state index in [1.165, 1.54) is 18.4 Å². The normalized spacial score (nSPS) is 14.3. The van der Waals surface area contributed by atoms with E-state index < -0.39 is 0 Å². The maximum atomic E-state index is 13.5. The Balaban J connectivity index is 2.20. The summed E-state index contributed by atoms with van der Waals surface area (Å²) >= 11 is 0. The third-order valence-corrected chi connectivity index (χ3v) is 2.86. The van der Waals surface area contributed by atoms with E-state index in [2.05, 4.69) is 5.32 Å². The lowest BCUT2D eigenvalue weighted by molar-refractivity contribution is -0.116. The van der Waals surface area contributed by atoms with E-state index in [0.717, 1.165) is 5.56 Å². The first kappa shape index (κ1) is 10.1. The van der Waals surface area contributed by atoms with Gasteiger partial charge in [-0.05, 0) is 36.2 Å². The molecule has 0 unspecified atom stereocenters. The Morgan fingerprint density at radius 2 is 2.18 bits per heavy atom. The number of aryl methyl sites for hydroxylation is 1. The van der Waals surface area contributed by atoms with Gasteiger partial charge < -0.3 is 9.73 Å². The van der Waals surface area contributed by atoms with E-state index in [-0.39, 0.29) is 11.7 Å². The first-order chi connectivity index (χ1) is 8.24. The van der Waals surface area contributed by atoms with Gasteiger partial charge in [0.2, 0.25) is 5.91 Å². The summed E-state index contributed by atoms with van der Waals surface area (Å²) in [6, 6.07) is 6.32. The predicted octanol–water partition coefficient (Wildman–Crippen LogP) is 2.97. The van der Waals surface area contributed by atoms with Crippen molar-refractivity contribution in [1.82, 2.24) is 0 Å². The number of fused-ring (bicyclic) bond motifs is 1. The van der Waals surface area contributed by atoms with Crippen molar-refractivity contribution in [3.8, 4) is 11.3 Å². The fourth-order valence-corrected chi connectivity index (χ4v) is 2.08. The number of anilines is 1. The largest absolute Gasteiger partial charge is 0.464 e. The molecule has 17 heavy (non-hydrogen) atoms. The summed E-state index contributed by atoms with van der Waals surface area (Å²) in [6.45, 7) is 0. The zero-order valence-corrected chi connectivity index (χ0v) is 9.00. The van der Waals surface area contributed by atoms with Crippen LogP contribution in [-0.2, 0) is 11.2 Å². The molecular weight excluding hydrogens is 221 g/mol. The molecule has 1 aromatic carbocycles. The third-order valence-electron chi connectivity index (χ3n) is 2.86. The van der Waals surface area contributed by atoms with Crippen molar-refractivity contribution in [3.05, 3.63) is 41.9 Å². The average Bonchev–Trinajstić information content (AvgIpc) is 2.82. The van der Waals surface area contributed by atoms with Crippen LogP contribution in [0.5, 0.6) is 0 Å². The summed E-state index contributed by atoms with van der Waals surface area (Å²) in [5.74, 6) is 0.200. The van der Waals surface area contributed by atoms with Gasteiger partial charge in [-0.1, -0.05) is 0 Å². The zero-order chi connectivity index (χ0) is 11.8. The van der Waals surface area contributed by atoms with Crippen LogP contribution >= 0.6 is 0 Å². The molecule has 0 radical (unpaired) electrons. The number of carbonyl (C=O) groups excluding carboxylic acids is 1. The average molecular weight is 231 g/mol. The molecule has 1 aromatic heterocycles. The number of benzene rings is 1. The molecule has 0 saturated heterocycles. The maximum Gasteiger partial charge on any atom is 0.224 e. The highest BCUT2D eigenvalue weighted by molar-refractivity contribution is 5.98. The SMILES string of the molecule is O=C1CCc2cc(F)cc(-c3ccco3)c2N1. The third kappa shape index (κ3) is 1.71. The second-order valence-electron chi connectivity index (χ2n) is 4.01. The zero-order valence-electron chi connectivity index (χ0n) is 9.00. The molecule has 3 rings (SSSR count). The molecular formula is C13H10FNO2. The summed E-state index contributed by atoms with van der Waals surface area (Å²) in [6.07, 6.45) is 2.48. The lowest BCUT2D eigenvalue weighted by Gasteiger charge is -2.19. The van der Waals surface area contributed by atoms with Gasteiger partial charge in [0.05, 0.1) is 12.0 Å². The first-order valence-electron chi connectivity index (χ1n) is 5.40. The topological polar surface area (TPSA) is 42.2 Å². The van der Waals surface area contributed by atoms with E-state index in [0.29, 0.717) is 29.9 Å². The second kappa shape index (κ2) is 3.73. The molecule has 2 heterocycles. The molecule has 0 bridgehead atoms. The first-order valence-corrected chi connectivity index (χ1v) is 5.40. The predicted molar refractivity (Wildman–Crippen MR) is 61.1 cm³/mol. The number of halogens is 1. The van der Waals surface area contributed by atoms with Gasteiger partial charge in [0.25, 0.3) is 0 Å². The number of nitrogens with one attached hydrogen (secondary N) is 1. The summed E-state index contributed by atoms with van der Waals surface area (Å²) in [5, 5.41) is 2.78. The van der Waals surface area contributed by atoms with Crippen molar-refractivity contribution in [2.24, 2.45) is 0 Å². The van der Waals surface area contributed by atoms with Crippen LogP contribution in [-0.4, -0.2) is 5.91 Å². The lowest BCUT2D eigenvalue weighted by atomic mass is 9.97. The van der Waals surface area contributed by atoms with Gasteiger partial charge in [-0.25, -0.2) is 4.39 Å². The fraction of sp³-hybridized carbons (Fsp3) is 0.154. The number of hydrogen-bond donors (Lipinski definition) is 1. The molecule has 86 valence electrons. The van der Waals surface area contributed by atoms with Gasteiger partial charge in [-0.3, -0.25) is 4.79 Å². The van der Waals surface area contributed by atoms with Crippen LogP contribution in [0.15, 0.2) is 34.9 Å². The van der Waals surface area contributed by atoms with Crippen LogP contribution in [0.1, 0.15) is 12.0 Å². The van der Waals surface area contributed by atoms with E-state index >= 15 is 0 Å². The molecule has 3 nitrogen and oxygen atoms in total. The van der Waals surface area contributed by atoms with Crippen LogP contribution in [0.25, 0.3) is 11.3 Å². The van der Waals surface area contributed by atoms with Gasteiger partial charge in [0, 0.05) is 12.0 Å². The molecule has 2 aromatic rings. The minimum atomic E-state index is -0.314. The Kier molecular flexibility index (Phi) is 2.21. The van der Waals surface area contributed by atoms with Crippen molar-refractivity contribution < 1.29 is 13.6 Å². The molecule has 0 fully saturated rings. The Morgan fingerprint density at radius 1 is 1.29 bits per heavy atom. The van der Waals surface area contributed by atoms with E-state index in [9.17, 15) is 9.18 Å². The number of hydrogen-bond acceptors (Lipinski definition) is 2. The van der Waals surface area contributed by atoms with Gasteiger partial charge in [-0.15, -0.1) is 0 Å². The van der Waals surface area contributed by atoms with Crippen molar-refractivity contribution in [2.45, 2.75) is 12.8 Å². The second-order valence-corrected chi connectivity index (χ2v) is 4.01. The quantitative estimate of drug-likeness (QED) is 0.819. The minimum Gasteiger partial charge on any atom is -0.464 e. The Bertz CT molecular complexity index is 575. The summed E-state index contributed by atoms with van der Waals surface area (Å²) in [7, 11) is 0. The maximum absolute atomic E-state index is 13.5. The molecule has 1 amide bonds. The molecule has 1 N–H and O–H groups in total.